The lowest BCUT2D eigenvalue weighted by Crippen LogP contribution is -2.45. The molecule has 0 unspecified atom stereocenters. The predicted molar refractivity (Wildman–Crippen MR) is 117 cm³/mol. The van der Waals surface area contributed by atoms with Gasteiger partial charge >= 0.3 is 0 Å². The highest BCUT2D eigenvalue weighted by atomic mass is 16.5. The highest BCUT2D eigenvalue weighted by Gasteiger charge is 2.52. The van der Waals surface area contributed by atoms with E-state index in [2.05, 4.69) is 33.9 Å². The Morgan fingerprint density at radius 3 is 2.73 bits per heavy atom. The van der Waals surface area contributed by atoms with E-state index >= 15 is 0 Å². The van der Waals surface area contributed by atoms with Crippen LogP contribution in [0.25, 0.3) is 0 Å². The summed E-state index contributed by atoms with van der Waals surface area (Å²) < 4.78 is 12.0. The molecule has 4 aliphatic rings. The van der Waals surface area contributed by atoms with Crippen molar-refractivity contribution < 1.29 is 14.6 Å². The normalized spacial score (nSPS) is 31.7. The smallest absolute Gasteiger partial charge is 0.166 e. The van der Waals surface area contributed by atoms with Crippen LogP contribution in [0, 0.1) is 0 Å². The third kappa shape index (κ3) is 3.54. The maximum absolute atomic E-state index is 10.2. The number of benzene rings is 1. The molecule has 0 aromatic heterocycles. The van der Waals surface area contributed by atoms with Gasteiger partial charge < -0.3 is 24.4 Å². The Hall–Kier alpha value is -1.60. The van der Waals surface area contributed by atoms with E-state index in [9.17, 15) is 5.11 Å². The molecule has 1 aliphatic carbocycles. The minimum absolute atomic E-state index is 0.00663. The molecule has 3 atom stereocenters. The van der Waals surface area contributed by atoms with Crippen molar-refractivity contribution in [1.82, 2.24) is 14.7 Å². The first-order valence-corrected chi connectivity index (χ1v) is 11.5. The van der Waals surface area contributed by atoms with Crippen molar-refractivity contribution in [2.45, 2.75) is 43.4 Å². The molecule has 1 spiro atoms. The maximum atomic E-state index is 10.2. The second-order valence-electron chi connectivity index (χ2n) is 9.46. The molecule has 0 amide bonds. The first-order valence-electron chi connectivity index (χ1n) is 11.5. The van der Waals surface area contributed by atoms with Crippen LogP contribution in [0.5, 0.6) is 11.5 Å². The summed E-state index contributed by atoms with van der Waals surface area (Å²) in [7, 11) is 3.92. The van der Waals surface area contributed by atoms with Gasteiger partial charge in [-0.15, -0.1) is 0 Å². The van der Waals surface area contributed by atoms with Crippen LogP contribution in [0.4, 0.5) is 0 Å². The number of likely N-dealkylation sites (N-methyl/N-ethyl adjacent to an activating group) is 1. The van der Waals surface area contributed by atoms with Crippen LogP contribution in [0.2, 0.25) is 0 Å². The van der Waals surface area contributed by atoms with Crippen molar-refractivity contribution in [2.24, 2.45) is 0 Å². The number of ether oxygens (including phenoxy) is 2. The Labute approximate surface area is 180 Å². The van der Waals surface area contributed by atoms with Crippen LogP contribution in [0.3, 0.4) is 0 Å². The van der Waals surface area contributed by atoms with Gasteiger partial charge in [-0.05, 0) is 51.2 Å². The molecule has 164 valence electrons. The van der Waals surface area contributed by atoms with Crippen molar-refractivity contribution >= 4 is 0 Å². The van der Waals surface area contributed by atoms with Crippen LogP contribution in [0.1, 0.15) is 30.4 Å². The molecule has 0 saturated carbocycles. The molecule has 1 aromatic carbocycles. The summed E-state index contributed by atoms with van der Waals surface area (Å²) in [6, 6.07) is 4.27. The largest absolute Gasteiger partial charge is 0.493 e. The van der Waals surface area contributed by atoms with Crippen LogP contribution in [-0.4, -0.2) is 92.0 Å². The molecule has 1 aromatic rings. The Morgan fingerprint density at radius 1 is 1.13 bits per heavy atom. The summed E-state index contributed by atoms with van der Waals surface area (Å²) in [4.78, 5) is 7.63. The molecule has 30 heavy (non-hydrogen) atoms. The Kier molecular flexibility index (Phi) is 5.52. The number of rotatable bonds is 5. The van der Waals surface area contributed by atoms with Gasteiger partial charge in [-0.3, -0.25) is 4.90 Å². The van der Waals surface area contributed by atoms with Crippen LogP contribution in [-0.2, 0) is 12.0 Å². The van der Waals surface area contributed by atoms with Crippen molar-refractivity contribution in [1.29, 1.82) is 0 Å². The van der Waals surface area contributed by atoms with E-state index in [1.807, 2.05) is 12.1 Å². The molecule has 1 saturated heterocycles. The van der Waals surface area contributed by atoms with Crippen LogP contribution in [0.15, 0.2) is 24.3 Å². The van der Waals surface area contributed by atoms with Gasteiger partial charge in [-0.2, -0.15) is 0 Å². The molecule has 0 radical (unpaired) electrons. The minimum Gasteiger partial charge on any atom is -0.493 e. The Morgan fingerprint density at radius 2 is 1.93 bits per heavy atom. The number of aliphatic hydroxyl groups is 1. The second kappa shape index (κ2) is 8.15. The molecular formula is C24H35N3O3. The fraction of sp³-hybridized carbons (Fsp3) is 0.667. The number of hydrogen-bond donors (Lipinski definition) is 1. The monoisotopic (exact) mass is 413 g/mol. The lowest BCUT2D eigenvalue weighted by Gasteiger charge is -2.36. The summed E-state index contributed by atoms with van der Waals surface area (Å²) in [5, 5.41) is 10.2. The lowest BCUT2D eigenvalue weighted by atomic mass is 9.69. The van der Waals surface area contributed by atoms with Crippen LogP contribution >= 0.6 is 0 Å². The third-order valence-electron chi connectivity index (χ3n) is 7.58. The average molecular weight is 414 g/mol. The summed E-state index contributed by atoms with van der Waals surface area (Å²) in [6.45, 7) is 9.08. The van der Waals surface area contributed by atoms with Crippen molar-refractivity contribution in [2.75, 3.05) is 60.0 Å². The van der Waals surface area contributed by atoms with Gasteiger partial charge in [-0.25, -0.2) is 0 Å². The topological polar surface area (TPSA) is 48.4 Å². The number of piperazine rings is 1. The van der Waals surface area contributed by atoms with Crippen molar-refractivity contribution in [3.63, 3.8) is 0 Å². The van der Waals surface area contributed by atoms with Gasteiger partial charge in [0, 0.05) is 44.7 Å². The fourth-order valence-corrected chi connectivity index (χ4v) is 5.77. The second-order valence-corrected chi connectivity index (χ2v) is 9.46. The fourth-order valence-electron chi connectivity index (χ4n) is 5.77. The SMILES string of the molecule is COc1ccc2c3c1O[C@@H]1C[C@@H](O)C=C[C@]31CCN(CCCN1CCN(C)CC1)C2. The first kappa shape index (κ1) is 20.3. The van der Waals surface area contributed by atoms with Gasteiger partial charge in [0.2, 0.25) is 0 Å². The highest BCUT2D eigenvalue weighted by Crippen LogP contribution is 2.55. The van der Waals surface area contributed by atoms with E-state index in [4.69, 9.17) is 9.47 Å². The number of aliphatic hydroxyl groups excluding tert-OH is 1. The number of methoxy groups -OCH3 is 1. The molecule has 6 nitrogen and oxygen atoms in total. The number of nitrogens with zero attached hydrogens (tertiary/aromatic N) is 3. The maximum Gasteiger partial charge on any atom is 0.166 e. The zero-order valence-electron chi connectivity index (χ0n) is 18.3. The van der Waals surface area contributed by atoms with E-state index in [-0.39, 0.29) is 11.5 Å². The van der Waals surface area contributed by atoms with Gasteiger partial charge in [0.25, 0.3) is 0 Å². The zero-order chi connectivity index (χ0) is 20.7. The van der Waals surface area contributed by atoms with Gasteiger partial charge in [0.1, 0.15) is 6.10 Å². The summed E-state index contributed by atoms with van der Waals surface area (Å²) in [5.74, 6) is 1.71. The predicted octanol–water partition coefficient (Wildman–Crippen LogP) is 1.86. The minimum atomic E-state index is -0.424. The van der Waals surface area contributed by atoms with E-state index in [1.54, 1.807) is 7.11 Å². The summed E-state index contributed by atoms with van der Waals surface area (Å²) in [6.07, 6.45) is 6.67. The molecule has 5 rings (SSSR count). The van der Waals surface area contributed by atoms with E-state index in [1.165, 1.54) is 50.3 Å². The van der Waals surface area contributed by atoms with E-state index < -0.39 is 6.10 Å². The Bertz CT molecular complexity index is 805. The molecule has 1 fully saturated rings. The molecule has 6 heteroatoms. The lowest BCUT2D eigenvalue weighted by molar-refractivity contribution is 0.0805. The molecule has 0 bridgehead atoms. The van der Waals surface area contributed by atoms with E-state index in [0.717, 1.165) is 37.6 Å². The van der Waals surface area contributed by atoms with Gasteiger partial charge in [-0.1, -0.05) is 18.2 Å². The molecule has 3 aliphatic heterocycles. The average Bonchev–Trinajstić information content (AvgIpc) is 2.99. The summed E-state index contributed by atoms with van der Waals surface area (Å²) in [5.41, 5.74) is 2.52. The van der Waals surface area contributed by atoms with Gasteiger partial charge in [0.05, 0.1) is 18.6 Å². The highest BCUT2D eigenvalue weighted by molar-refractivity contribution is 5.61. The standard InChI is InChI=1S/C24H35N3O3/c1-25-12-14-26(15-13-25)9-3-10-27-11-8-24-7-6-19(28)16-21(24)30-23-20(29-2)5-4-18(17-27)22(23)24/h4-7,19,21,28H,3,8-17H2,1-2H3/t19-,21+,24+/m0/s1. The molecule has 3 heterocycles. The molecule has 1 N–H and O–H groups in total. The Balaban J connectivity index is 1.33. The summed E-state index contributed by atoms with van der Waals surface area (Å²) >= 11 is 0. The van der Waals surface area contributed by atoms with Crippen LogP contribution < -0.4 is 9.47 Å². The number of hydrogen-bond acceptors (Lipinski definition) is 6. The zero-order valence-corrected chi connectivity index (χ0v) is 18.3. The quantitative estimate of drug-likeness (QED) is 0.744. The third-order valence-corrected chi connectivity index (χ3v) is 7.58. The molecular weight excluding hydrogens is 378 g/mol. The first-order chi connectivity index (χ1) is 14.6. The van der Waals surface area contributed by atoms with Crippen molar-refractivity contribution in [3.05, 3.63) is 35.4 Å². The van der Waals surface area contributed by atoms with Crippen molar-refractivity contribution in [3.8, 4) is 11.5 Å². The van der Waals surface area contributed by atoms with E-state index in [0.29, 0.717) is 6.42 Å². The van der Waals surface area contributed by atoms with Gasteiger partial charge in [0.15, 0.2) is 11.5 Å².